The van der Waals surface area contributed by atoms with Crippen LogP contribution in [0.2, 0.25) is 0 Å². The van der Waals surface area contributed by atoms with Crippen LogP contribution in [0.15, 0.2) is 30.5 Å². The van der Waals surface area contributed by atoms with Gasteiger partial charge in [-0.2, -0.15) is 0 Å². The number of aromatic hydroxyl groups is 1. The Balaban J connectivity index is 1.71. The van der Waals surface area contributed by atoms with E-state index >= 15 is 0 Å². The summed E-state index contributed by atoms with van der Waals surface area (Å²) in [5, 5.41) is 23.0. The Morgan fingerprint density at radius 3 is 2.52 bits per heavy atom. The van der Waals surface area contributed by atoms with Crippen molar-refractivity contribution in [2.75, 3.05) is 0 Å². The monoisotopic (exact) mass is 284 g/mol. The standard InChI is InChI=1S/C17H20N2O2/c1-11-17(21)16(14(10-20)8-18-11)9-19-15-6-12-4-2-3-5-13(12)7-15/h2-5,8,15,19-21H,6-7,9-10H2,1H3. The largest absolute Gasteiger partial charge is 0.506 e. The zero-order valence-electron chi connectivity index (χ0n) is 12.1. The highest BCUT2D eigenvalue weighted by atomic mass is 16.3. The zero-order valence-corrected chi connectivity index (χ0v) is 12.1. The molecule has 0 unspecified atom stereocenters. The number of benzene rings is 1. The SMILES string of the molecule is Cc1ncc(CO)c(CNC2Cc3ccccc3C2)c1O. The Hall–Kier alpha value is -1.91. The van der Waals surface area contributed by atoms with Gasteiger partial charge < -0.3 is 15.5 Å². The van der Waals surface area contributed by atoms with Gasteiger partial charge in [0.25, 0.3) is 0 Å². The molecule has 1 heterocycles. The van der Waals surface area contributed by atoms with Gasteiger partial charge in [0.15, 0.2) is 0 Å². The van der Waals surface area contributed by atoms with Crippen molar-refractivity contribution in [3.8, 4) is 5.75 Å². The fourth-order valence-electron chi connectivity index (χ4n) is 2.97. The maximum absolute atomic E-state index is 10.1. The highest BCUT2D eigenvalue weighted by Crippen LogP contribution is 2.26. The van der Waals surface area contributed by atoms with Gasteiger partial charge >= 0.3 is 0 Å². The number of hydrogen-bond donors (Lipinski definition) is 3. The predicted molar refractivity (Wildman–Crippen MR) is 81.0 cm³/mol. The summed E-state index contributed by atoms with van der Waals surface area (Å²) < 4.78 is 0. The number of fused-ring (bicyclic) bond motifs is 1. The van der Waals surface area contributed by atoms with E-state index in [0.29, 0.717) is 23.8 Å². The molecule has 1 aromatic heterocycles. The smallest absolute Gasteiger partial charge is 0.141 e. The molecule has 0 radical (unpaired) electrons. The minimum atomic E-state index is -0.108. The van der Waals surface area contributed by atoms with Crippen LogP contribution in [0.1, 0.15) is 27.9 Å². The first-order chi connectivity index (χ1) is 10.2. The van der Waals surface area contributed by atoms with Crippen LogP contribution in [-0.4, -0.2) is 21.2 Å². The Bertz CT molecular complexity index is 630. The quantitative estimate of drug-likeness (QED) is 0.801. The summed E-state index contributed by atoms with van der Waals surface area (Å²) in [5.41, 5.74) is 4.82. The number of aromatic nitrogens is 1. The number of rotatable bonds is 4. The second-order valence-electron chi connectivity index (χ2n) is 5.61. The van der Waals surface area contributed by atoms with Gasteiger partial charge in [-0.1, -0.05) is 24.3 Å². The summed E-state index contributed by atoms with van der Waals surface area (Å²) in [6.45, 7) is 2.21. The van der Waals surface area contributed by atoms with Crippen molar-refractivity contribution in [2.24, 2.45) is 0 Å². The van der Waals surface area contributed by atoms with Crippen LogP contribution < -0.4 is 5.32 Å². The molecule has 21 heavy (non-hydrogen) atoms. The van der Waals surface area contributed by atoms with Crippen molar-refractivity contribution in [2.45, 2.75) is 39.0 Å². The lowest BCUT2D eigenvalue weighted by molar-refractivity contribution is 0.278. The Morgan fingerprint density at radius 2 is 1.90 bits per heavy atom. The van der Waals surface area contributed by atoms with E-state index in [4.69, 9.17) is 0 Å². The van der Waals surface area contributed by atoms with E-state index in [1.54, 1.807) is 13.1 Å². The van der Waals surface area contributed by atoms with E-state index in [9.17, 15) is 10.2 Å². The van der Waals surface area contributed by atoms with Gasteiger partial charge in [-0.25, -0.2) is 0 Å². The second kappa shape index (κ2) is 5.84. The number of nitrogens with one attached hydrogen (secondary N) is 1. The summed E-state index contributed by atoms with van der Waals surface area (Å²) in [6.07, 6.45) is 3.65. The molecule has 110 valence electrons. The third-order valence-electron chi connectivity index (χ3n) is 4.22. The molecule has 2 aromatic rings. The first kappa shape index (κ1) is 14.0. The average Bonchev–Trinajstić information content (AvgIpc) is 2.91. The number of nitrogens with zero attached hydrogens (tertiary/aromatic N) is 1. The molecule has 0 atom stereocenters. The van der Waals surface area contributed by atoms with Crippen molar-refractivity contribution in [3.05, 3.63) is 58.4 Å². The summed E-state index contributed by atoms with van der Waals surface area (Å²) in [4.78, 5) is 4.08. The van der Waals surface area contributed by atoms with Crippen LogP contribution in [-0.2, 0) is 26.0 Å². The Kier molecular flexibility index (Phi) is 3.90. The molecule has 0 fully saturated rings. The van der Waals surface area contributed by atoms with Crippen molar-refractivity contribution in [1.29, 1.82) is 0 Å². The topological polar surface area (TPSA) is 65.4 Å². The normalized spacial score (nSPS) is 14.4. The first-order valence-electron chi connectivity index (χ1n) is 7.26. The predicted octanol–water partition coefficient (Wildman–Crippen LogP) is 1.84. The number of aryl methyl sites for hydroxylation is 1. The van der Waals surface area contributed by atoms with E-state index in [2.05, 4.69) is 34.6 Å². The lowest BCUT2D eigenvalue weighted by atomic mass is 10.1. The molecule has 0 bridgehead atoms. The van der Waals surface area contributed by atoms with E-state index < -0.39 is 0 Å². The maximum atomic E-state index is 10.1. The Labute approximate surface area is 124 Å². The summed E-state index contributed by atoms with van der Waals surface area (Å²) in [6, 6.07) is 8.86. The van der Waals surface area contributed by atoms with Crippen LogP contribution in [0.3, 0.4) is 0 Å². The van der Waals surface area contributed by atoms with E-state index in [1.165, 1.54) is 11.1 Å². The molecule has 3 rings (SSSR count). The third-order valence-corrected chi connectivity index (χ3v) is 4.22. The molecular weight excluding hydrogens is 264 g/mol. The maximum Gasteiger partial charge on any atom is 0.141 e. The van der Waals surface area contributed by atoms with Crippen LogP contribution in [0, 0.1) is 6.92 Å². The highest BCUT2D eigenvalue weighted by molar-refractivity contribution is 5.41. The second-order valence-corrected chi connectivity index (χ2v) is 5.61. The lowest BCUT2D eigenvalue weighted by Crippen LogP contribution is -2.29. The number of hydrogen-bond acceptors (Lipinski definition) is 4. The molecule has 4 heteroatoms. The molecule has 0 aliphatic heterocycles. The minimum absolute atomic E-state index is 0.108. The minimum Gasteiger partial charge on any atom is -0.506 e. The molecule has 3 N–H and O–H groups in total. The highest BCUT2D eigenvalue weighted by Gasteiger charge is 2.21. The van der Waals surface area contributed by atoms with Crippen LogP contribution in [0.4, 0.5) is 0 Å². The average molecular weight is 284 g/mol. The van der Waals surface area contributed by atoms with Gasteiger partial charge in [0, 0.05) is 29.9 Å². The molecule has 1 aromatic carbocycles. The van der Waals surface area contributed by atoms with Gasteiger partial charge in [0.05, 0.1) is 12.3 Å². The fourth-order valence-corrected chi connectivity index (χ4v) is 2.97. The van der Waals surface area contributed by atoms with E-state index in [-0.39, 0.29) is 12.4 Å². The molecule has 4 nitrogen and oxygen atoms in total. The van der Waals surface area contributed by atoms with Crippen LogP contribution >= 0.6 is 0 Å². The molecule has 1 aliphatic rings. The Morgan fingerprint density at radius 1 is 1.24 bits per heavy atom. The number of aliphatic hydroxyl groups is 1. The molecule has 0 saturated heterocycles. The van der Waals surface area contributed by atoms with Crippen molar-refractivity contribution in [1.82, 2.24) is 10.3 Å². The molecular formula is C17H20N2O2. The molecule has 1 aliphatic carbocycles. The van der Waals surface area contributed by atoms with Crippen molar-refractivity contribution < 1.29 is 10.2 Å². The van der Waals surface area contributed by atoms with Gasteiger partial charge in [-0.3, -0.25) is 4.98 Å². The van der Waals surface area contributed by atoms with E-state index in [1.807, 2.05) is 0 Å². The summed E-state index contributed by atoms with van der Waals surface area (Å²) in [5.74, 6) is 0.185. The third kappa shape index (κ3) is 2.77. The molecule has 0 saturated carbocycles. The van der Waals surface area contributed by atoms with Crippen molar-refractivity contribution in [3.63, 3.8) is 0 Å². The fraction of sp³-hybridized carbons (Fsp3) is 0.353. The summed E-state index contributed by atoms with van der Waals surface area (Å²) in [7, 11) is 0. The summed E-state index contributed by atoms with van der Waals surface area (Å²) >= 11 is 0. The van der Waals surface area contributed by atoms with Gasteiger partial charge in [-0.15, -0.1) is 0 Å². The molecule has 0 amide bonds. The van der Waals surface area contributed by atoms with Crippen LogP contribution in [0.5, 0.6) is 5.75 Å². The zero-order chi connectivity index (χ0) is 14.8. The van der Waals surface area contributed by atoms with Crippen LogP contribution in [0.25, 0.3) is 0 Å². The van der Waals surface area contributed by atoms with E-state index in [0.717, 1.165) is 18.4 Å². The van der Waals surface area contributed by atoms with Gasteiger partial charge in [-0.05, 0) is 30.9 Å². The number of pyridine rings is 1. The van der Waals surface area contributed by atoms with Crippen molar-refractivity contribution >= 4 is 0 Å². The molecule has 0 spiro atoms. The van der Waals surface area contributed by atoms with Gasteiger partial charge in [0.2, 0.25) is 0 Å². The van der Waals surface area contributed by atoms with Gasteiger partial charge in [0.1, 0.15) is 5.75 Å². The lowest BCUT2D eigenvalue weighted by Gasteiger charge is -2.16. The number of aliphatic hydroxyl groups excluding tert-OH is 1. The first-order valence-corrected chi connectivity index (χ1v) is 7.26.